The van der Waals surface area contributed by atoms with Gasteiger partial charge in [0, 0.05) is 0 Å². The number of hydrogen-bond acceptors (Lipinski definition) is 6. The van der Waals surface area contributed by atoms with Crippen molar-refractivity contribution in [1.29, 1.82) is 0 Å². The highest BCUT2D eigenvalue weighted by Gasteiger charge is 2.26. The summed E-state index contributed by atoms with van der Waals surface area (Å²) in [5, 5.41) is 15.2. The second-order valence-electron chi connectivity index (χ2n) is 7.34. The van der Waals surface area contributed by atoms with Crippen molar-refractivity contribution >= 4 is 28.7 Å². The van der Waals surface area contributed by atoms with Crippen LogP contribution in [0.1, 0.15) is 32.6 Å². The van der Waals surface area contributed by atoms with Gasteiger partial charge in [0.25, 0.3) is 0 Å². The monoisotopic (exact) mass is 421 g/mol. The number of fused-ring (bicyclic) bond motifs is 1. The lowest BCUT2D eigenvalue weighted by Crippen LogP contribution is -2.37. The van der Waals surface area contributed by atoms with Crippen LogP contribution >= 0.6 is 11.8 Å². The third-order valence-electron chi connectivity index (χ3n) is 4.76. The van der Waals surface area contributed by atoms with Crippen molar-refractivity contribution in [2.24, 2.45) is 5.92 Å². The number of carbonyl (C=O) groups is 1. The molecule has 2 atom stereocenters. The van der Waals surface area contributed by atoms with E-state index in [9.17, 15) is 4.79 Å². The number of aromatic amines is 1. The second-order valence-corrected chi connectivity index (χ2v) is 8.65. The first-order chi connectivity index (χ1) is 14.5. The van der Waals surface area contributed by atoms with E-state index in [1.54, 1.807) is 4.68 Å². The largest absolute Gasteiger partial charge is 0.345 e. The molecule has 0 unspecified atom stereocenters. The van der Waals surface area contributed by atoms with Gasteiger partial charge < -0.3 is 10.3 Å². The maximum Gasteiger partial charge on any atom is 0.233 e. The number of thioether (sulfide) groups is 1. The van der Waals surface area contributed by atoms with Crippen molar-refractivity contribution in [2.45, 2.75) is 37.2 Å². The lowest BCUT2D eigenvalue weighted by Gasteiger charge is -2.22. The van der Waals surface area contributed by atoms with Gasteiger partial charge in [-0.05, 0) is 47.5 Å². The Balaban J connectivity index is 1.49. The van der Waals surface area contributed by atoms with Crippen LogP contribution in [0.25, 0.3) is 16.7 Å². The number of aromatic nitrogens is 6. The fraction of sp³-hybridized carbons (Fsp3) is 0.286. The molecule has 2 aromatic carbocycles. The summed E-state index contributed by atoms with van der Waals surface area (Å²) >= 11 is 1.32. The molecule has 0 radical (unpaired) electrons. The molecule has 0 bridgehead atoms. The van der Waals surface area contributed by atoms with E-state index in [-0.39, 0.29) is 23.1 Å². The molecule has 9 heteroatoms. The standard InChI is InChI=1S/C21H23N7OS/c1-13(2)18(19-22-16-11-7-8-12-17(16)23-19)24-20(29)14(3)30-21-25-26-27-28(21)15-9-5-4-6-10-15/h4-14,18H,1-3H3,(H,22,23)(H,24,29)/t14-,18-/m1/s1. The van der Waals surface area contributed by atoms with Crippen LogP contribution in [0.3, 0.4) is 0 Å². The molecular formula is C21H23N7OS. The van der Waals surface area contributed by atoms with E-state index in [0.717, 1.165) is 22.5 Å². The number of carbonyl (C=O) groups excluding carboxylic acids is 1. The predicted octanol–water partition coefficient (Wildman–Crippen LogP) is 3.53. The van der Waals surface area contributed by atoms with Crippen molar-refractivity contribution in [3.05, 3.63) is 60.4 Å². The Labute approximate surface area is 178 Å². The Kier molecular flexibility index (Phi) is 5.80. The Morgan fingerprint density at radius 1 is 1.07 bits per heavy atom. The summed E-state index contributed by atoms with van der Waals surface area (Å²) in [5.74, 6) is 0.828. The maximum absolute atomic E-state index is 13.0. The number of nitrogens with zero attached hydrogens (tertiary/aromatic N) is 5. The van der Waals surface area contributed by atoms with Crippen LogP contribution in [0.5, 0.6) is 0 Å². The van der Waals surface area contributed by atoms with Crippen LogP contribution in [0.4, 0.5) is 0 Å². The molecular weight excluding hydrogens is 398 g/mol. The number of nitrogens with one attached hydrogen (secondary N) is 2. The Hall–Kier alpha value is -3.20. The molecule has 0 fully saturated rings. The summed E-state index contributed by atoms with van der Waals surface area (Å²) in [6.45, 7) is 5.97. The molecule has 154 valence electrons. The van der Waals surface area contributed by atoms with Crippen molar-refractivity contribution in [2.75, 3.05) is 0 Å². The minimum Gasteiger partial charge on any atom is -0.345 e. The molecule has 0 saturated heterocycles. The minimum atomic E-state index is -0.385. The summed E-state index contributed by atoms with van der Waals surface area (Å²) in [7, 11) is 0. The van der Waals surface area contributed by atoms with E-state index in [4.69, 9.17) is 0 Å². The minimum absolute atomic E-state index is 0.0956. The molecule has 0 aliphatic rings. The van der Waals surface area contributed by atoms with E-state index in [1.165, 1.54) is 11.8 Å². The van der Waals surface area contributed by atoms with E-state index in [1.807, 2.05) is 61.5 Å². The third kappa shape index (κ3) is 4.20. The number of imidazole rings is 1. The van der Waals surface area contributed by atoms with Gasteiger partial charge in [0.05, 0.1) is 28.0 Å². The van der Waals surface area contributed by atoms with Crippen LogP contribution in [0.15, 0.2) is 59.8 Å². The average Bonchev–Trinajstić information content (AvgIpc) is 3.38. The molecule has 2 heterocycles. The molecule has 4 rings (SSSR count). The van der Waals surface area contributed by atoms with Gasteiger partial charge in [0.2, 0.25) is 11.1 Å². The number of tetrazole rings is 1. The van der Waals surface area contributed by atoms with Crippen LogP contribution in [0, 0.1) is 5.92 Å². The molecule has 8 nitrogen and oxygen atoms in total. The van der Waals surface area contributed by atoms with Gasteiger partial charge >= 0.3 is 0 Å². The number of benzene rings is 2. The van der Waals surface area contributed by atoms with E-state index in [2.05, 4.69) is 44.7 Å². The quantitative estimate of drug-likeness (QED) is 0.443. The van der Waals surface area contributed by atoms with E-state index >= 15 is 0 Å². The van der Waals surface area contributed by atoms with E-state index < -0.39 is 0 Å². The fourth-order valence-electron chi connectivity index (χ4n) is 3.14. The third-order valence-corrected chi connectivity index (χ3v) is 5.79. The van der Waals surface area contributed by atoms with Crippen molar-refractivity contribution < 1.29 is 4.79 Å². The maximum atomic E-state index is 13.0. The summed E-state index contributed by atoms with van der Waals surface area (Å²) < 4.78 is 1.63. The highest BCUT2D eigenvalue weighted by atomic mass is 32.2. The van der Waals surface area contributed by atoms with Crippen molar-refractivity contribution in [3.63, 3.8) is 0 Å². The first kappa shape index (κ1) is 20.1. The molecule has 0 saturated carbocycles. The molecule has 2 N–H and O–H groups in total. The molecule has 30 heavy (non-hydrogen) atoms. The molecule has 4 aromatic rings. The zero-order valence-electron chi connectivity index (χ0n) is 17.0. The Morgan fingerprint density at radius 2 is 1.80 bits per heavy atom. The highest BCUT2D eigenvalue weighted by molar-refractivity contribution is 8.00. The fourth-order valence-corrected chi connectivity index (χ4v) is 3.95. The van der Waals surface area contributed by atoms with Gasteiger partial charge in [-0.15, -0.1) is 5.10 Å². The summed E-state index contributed by atoms with van der Waals surface area (Å²) in [4.78, 5) is 21.0. The normalized spacial score (nSPS) is 13.5. The van der Waals surface area contributed by atoms with Crippen molar-refractivity contribution in [1.82, 2.24) is 35.5 Å². The SMILES string of the molecule is CC(C)[C@@H](NC(=O)[C@@H](C)Sc1nnnn1-c1ccccc1)c1nc2ccccc2[nH]1. The topological polar surface area (TPSA) is 101 Å². The number of amides is 1. The molecule has 0 spiro atoms. The van der Waals surface area contributed by atoms with Gasteiger partial charge in [-0.2, -0.15) is 4.68 Å². The lowest BCUT2D eigenvalue weighted by molar-refractivity contribution is -0.121. The van der Waals surface area contributed by atoms with Gasteiger partial charge in [0.1, 0.15) is 5.82 Å². The first-order valence-corrected chi connectivity index (χ1v) is 10.7. The summed E-state index contributed by atoms with van der Waals surface area (Å²) in [6.07, 6.45) is 0. The average molecular weight is 422 g/mol. The van der Waals surface area contributed by atoms with Crippen LogP contribution in [0.2, 0.25) is 0 Å². The van der Waals surface area contributed by atoms with Crippen molar-refractivity contribution in [3.8, 4) is 5.69 Å². The van der Waals surface area contributed by atoms with Gasteiger partial charge in [-0.25, -0.2) is 4.98 Å². The molecule has 0 aliphatic carbocycles. The number of para-hydroxylation sites is 3. The van der Waals surface area contributed by atoms with Crippen LogP contribution < -0.4 is 5.32 Å². The Morgan fingerprint density at radius 3 is 2.53 bits per heavy atom. The lowest BCUT2D eigenvalue weighted by atomic mass is 10.0. The summed E-state index contributed by atoms with van der Waals surface area (Å²) in [6, 6.07) is 17.2. The molecule has 1 amide bonds. The van der Waals surface area contributed by atoms with Crippen LogP contribution in [-0.2, 0) is 4.79 Å². The predicted molar refractivity (Wildman–Crippen MR) is 116 cm³/mol. The zero-order valence-corrected chi connectivity index (χ0v) is 17.8. The van der Waals surface area contributed by atoms with Gasteiger partial charge in [-0.1, -0.05) is 55.9 Å². The summed E-state index contributed by atoms with van der Waals surface area (Å²) in [5.41, 5.74) is 2.69. The highest BCUT2D eigenvalue weighted by Crippen LogP contribution is 2.26. The Bertz CT molecular complexity index is 1110. The van der Waals surface area contributed by atoms with Crippen LogP contribution in [-0.4, -0.2) is 41.3 Å². The number of H-pyrrole nitrogens is 1. The van der Waals surface area contributed by atoms with E-state index in [0.29, 0.717) is 5.16 Å². The zero-order chi connectivity index (χ0) is 21.1. The smallest absolute Gasteiger partial charge is 0.233 e. The second kappa shape index (κ2) is 8.66. The molecule has 0 aliphatic heterocycles. The first-order valence-electron chi connectivity index (χ1n) is 9.78. The number of hydrogen-bond donors (Lipinski definition) is 2. The number of rotatable bonds is 7. The van der Waals surface area contributed by atoms with Gasteiger partial charge in [0.15, 0.2) is 0 Å². The van der Waals surface area contributed by atoms with Gasteiger partial charge in [-0.3, -0.25) is 4.79 Å². The molecule has 2 aromatic heterocycles.